The molecule has 2 aromatic heterocycles. The molecular formula is C14H12N2O2. The zero-order chi connectivity index (χ0) is 12.4. The van der Waals surface area contributed by atoms with Gasteiger partial charge in [0, 0.05) is 12.0 Å². The number of benzene rings is 1. The summed E-state index contributed by atoms with van der Waals surface area (Å²) in [5.74, 6) is 2.03. The maximum Gasteiger partial charge on any atom is 0.258 e. The summed E-state index contributed by atoms with van der Waals surface area (Å²) in [6, 6.07) is 11.6. The number of nitrogens with zero attached hydrogens (tertiary/aromatic N) is 2. The van der Waals surface area contributed by atoms with E-state index in [0.29, 0.717) is 11.7 Å². The molecule has 0 aliphatic carbocycles. The summed E-state index contributed by atoms with van der Waals surface area (Å²) >= 11 is 0. The smallest absolute Gasteiger partial charge is 0.258 e. The average molecular weight is 240 g/mol. The fourth-order valence-corrected chi connectivity index (χ4v) is 1.82. The van der Waals surface area contributed by atoms with Gasteiger partial charge in [0.2, 0.25) is 0 Å². The van der Waals surface area contributed by atoms with E-state index >= 15 is 0 Å². The minimum Gasteiger partial charge on any atom is -0.464 e. The molecule has 0 bridgehead atoms. The molecule has 0 atom stereocenters. The monoisotopic (exact) mass is 240 g/mol. The molecule has 2 heterocycles. The van der Waals surface area contributed by atoms with Crippen LogP contribution in [-0.4, -0.2) is 10.1 Å². The van der Waals surface area contributed by atoms with E-state index in [9.17, 15) is 0 Å². The largest absolute Gasteiger partial charge is 0.464 e. The van der Waals surface area contributed by atoms with Crippen molar-refractivity contribution >= 4 is 0 Å². The Labute approximate surface area is 104 Å². The molecule has 3 aromatic rings. The Morgan fingerprint density at radius 2 is 1.89 bits per heavy atom. The van der Waals surface area contributed by atoms with Crippen molar-refractivity contribution in [2.45, 2.75) is 13.3 Å². The van der Waals surface area contributed by atoms with Gasteiger partial charge in [0.05, 0.1) is 11.8 Å². The Balaban J connectivity index is 2.12. The van der Waals surface area contributed by atoms with E-state index in [1.807, 2.05) is 43.3 Å². The second-order valence-corrected chi connectivity index (χ2v) is 3.89. The van der Waals surface area contributed by atoms with Crippen molar-refractivity contribution in [1.29, 1.82) is 0 Å². The number of aryl methyl sites for hydroxylation is 1. The lowest BCUT2D eigenvalue weighted by molar-refractivity contribution is 0.423. The quantitative estimate of drug-likeness (QED) is 0.702. The SMILES string of the molecule is CCc1noc(-c2ccccc2-c2ccco2)n1. The van der Waals surface area contributed by atoms with E-state index in [1.54, 1.807) is 6.26 Å². The molecule has 90 valence electrons. The standard InChI is InChI=1S/C14H12N2O2/c1-2-13-15-14(18-16-13)11-7-4-3-6-10(11)12-8-5-9-17-12/h3-9H,2H2,1H3. The number of aromatic nitrogens is 2. The van der Waals surface area contributed by atoms with Gasteiger partial charge in [-0.2, -0.15) is 4.98 Å². The lowest BCUT2D eigenvalue weighted by atomic mass is 10.1. The molecule has 0 aliphatic heterocycles. The molecule has 0 saturated carbocycles. The highest BCUT2D eigenvalue weighted by molar-refractivity contribution is 5.76. The molecule has 1 aromatic carbocycles. The van der Waals surface area contributed by atoms with Crippen LogP contribution in [-0.2, 0) is 6.42 Å². The molecule has 0 amide bonds. The molecule has 3 rings (SSSR count). The van der Waals surface area contributed by atoms with Gasteiger partial charge in [0.25, 0.3) is 5.89 Å². The van der Waals surface area contributed by atoms with Crippen molar-refractivity contribution in [3.8, 4) is 22.8 Å². The molecule has 0 fully saturated rings. The van der Waals surface area contributed by atoms with E-state index in [2.05, 4.69) is 10.1 Å². The fraction of sp³-hybridized carbons (Fsp3) is 0.143. The van der Waals surface area contributed by atoms with Gasteiger partial charge in [0.1, 0.15) is 5.76 Å². The summed E-state index contributed by atoms with van der Waals surface area (Å²) in [5, 5.41) is 3.92. The first-order chi connectivity index (χ1) is 8.88. The molecule has 0 radical (unpaired) electrons. The molecule has 0 aliphatic rings. The summed E-state index contributed by atoms with van der Waals surface area (Å²) < 4.78 is 10.7. The third-order valence-electron chi connectivity index (χ3n) is 2.73. The van der Waals surface area contributed by atoms with Crippen molar-refractivity contribution in [2.24, 2.45) is 0 Å². The Bertz CT molecular complexity index is 641. The summed E-state index contributed by atoms with van der Waals surface area (Å²) in [4.78, 5) is 4.35. The van der Waals surface area contributed by atoms with E-state index in [0.717, 1.165) is 23.3 Å². The predicted octanol–water partition coefficient (Wildman–Crippen LogP) is 3.56. The van der Waals surface area contributed by atoms with Crippen molar-refractivity contribution in [1.82, 2.24) is 10.1 Å². The van der Waals surface area contributed by atoms with Crippen LogP contribution in [0.5, 0.6) is 0 Å². The van der Waals surface area contributed by atoms with Crippen LogP contribution >= 0.6 is 0 Å². The zero-order valence-electron chi connectivity index (χ0n) is 9.96. The first-order valence-corrected chi connectivity index (χ1v) is 5.84. The van der Waals surface area contributed by atoms with Gasteiger partial charge in [-0.25, -0.2) is 0 Å². The van der Waals surface area contributed by atoms with E-state index < -0.39 is 0 Å². The first kappa shape index (κ1) is 10.8. The molecule has 4 nitrogen and oxygen atoms in total. The summed E-state index contributed by atoms with van der Waals surface area (Å²) in [7, 11) is 0. The third-order valence-corrected chi connectivity index (χ3v) is 2.73. The predicted molar refractivity (Wildman–Crippen MR) is 66.8 cm³/mol. The van der Waals surface area contributed by atoms with Gasteiger partial charge in [-0.3, -0.25) is 0 Å². The molecule has 0 N–H and O–H groups in total. The minimum atomic E-state index is 0.527. The van der Waals surface area contributed by atoms with Crippen LogP contribution in [0.3, 0.4) is 0 Å². The van der Waals surface area contributed by atoms with Crippen molar-refractivity contribution in [3.63, 3.8) is 0 Å². The van der Waals surface area contributed by atoms with Gasteiger partial charge >= 0.3 is 0 Å². The van der Waals surface area contributed by atoms with Gasteiger partial charge in [-0.05, 0) is 18.2 Å². The van der Waals surface area contributed by atoms with Gasteiger partial charge in [-0.1, -0.05) is 30.3 Å². The van der Waals surface area contributed by atoms with Gasteiger partial charge in [0.15, 0.2) is 5.82 Å². The van der Waals surface area contributed by atoms with Crippen LogP contribution in [0.25, 0.3) is 22.8 Å². The summed E-state index contributed by atoms with van der Waals surface area (Å²) in [6.45, 7) is 1.99. The van der Waals surface area contributed by atoms with Crippen molar-refractivity contribution in [2.75, 3.05) is 0 Å². The maximum absolute atomic E-state index is 5.42. The van der Waals surface area contributed by atoms with Crippen LogP contribution < -0.4 is 0 Å². The van der Waals surface area contributed by atoms with Crippen LogP contribution in [0.1, 0.15) is 12.7 Å². The molecule has 0 spiro atoms. The third kappa shape index (κ3) is 1.82. The van der Waals surface area contributed by atoms with Crippen molar-refractivity contribution in [3.05, 3.63) is 48.5 Å². The lowest BCUT2D eigenvalue weighted by Crippen LogP contribution is -1.85. The molecule has 18 heavy (non-hydrogen) atoms. The lowest BCUT2D eigenvalue weighted by Gasteiger charge is -2.02. The van der Waals surface area contributed by atoms with Crippen LogP contribution in [0.15, 0.2) is 51.6 Å². The van der Waals surface area contributed by atoms with Crippen molar-refractivity contribution < 1.29 is 8.94 Å². The summed E-state index contributed by atoms with van der Waals surface area (Å²) in [5.41, 5.74) is 1.84. The highest BCUT2D eigenvalue weighted by Gasteiger charge is 2.14. The Kier molecular flexibility index (Phi) is 2.68. The highest BCUT2D eigenvalue weighted by Crippen LogP contribution is 2.31. The topological polar surface area (TPSA) is 52.1 Å². The number of hydrogen-bond acceptors (Lipinski definition) is 4. The molecular weight excluding hydrogens is 228 g/mol. The van der Waals surface area contributed by atoms with Gasteiger partial charge in [-0.15, -0.1) is 0 Å². The zero-order valence-corrected chi connectivity index (χ0v) is 9.96. The van der Waals surface area contributed by atoms with E-state index in [-0.39, 0.29) is 0 Å². The minimum absolute atomic E-state index is 0.527. The van der Waals surface area contributed by atoms with E-state index in [4.69, 9.17) is 8.94 Å². The molecule has 4 heteroatoms. The maximum atomic E-state index is 5.42. The fourth-order valence-electron chi connectivity index (χ4n) is 1.82. The Morgan fingerprint density at radius 3 is 2.56 bits per heavy atom. The average Bonchev–Trinajstić information content (AvgIpc) is 3.10. The number of hydrogen-bond donors (Lipinski definition) is 0. The van der Waals surface area contributed by atoms with Crippen LogP contribution in [0.2, 0.25) is 0 Å². The van der Waals surface area contributed by atoms with Crippen LogP contribution in [0.4, 0.5) is 0 Å². The second-order valence-electron chi connectivity index (χ2n) is 3.89. The van der Waals surface area contributed by atoms with Gasteiger partial charge < -0.3 is 8.94 Å². The van der Waals surface area contributed by atoms with E-state index in [1.165, 1.54) is 0 Å². The van der Waals surface area contributed by atoms with Crippen LogP contribution in [0, 0.1) is 0 Å². The molecule has 0 unspecified atom stereocenters. The Morgan fingerprint density at radius 1 is 1.06 bits per heavy atom. The summed E-state index contributed by atoms with van der Waals surface area (Å²) in [6.07, 6.45) is 2.41. The second kappa shape index (κ2) is 4.49. The number of furan rings is 1. The number of rotatable bonds is 3. The first-order valence-electron chi connectivity index (χ1n) is 5.84. The molecule has 0 saturated heterocycles. The Hall–Kier alpha value is -2.36. The normalized spacial score (nSPS) is 10.7. The highest BCUT2D eigenvalue weighted by atomic mass is 16.5.